The number of carbonyl (C=O) groups excluding carboxylic acids is 2. The second-order valence-corrected chi connectivity index (χ2v) is 3.91. The number of pyridine rings is 1. The second kappa shape index (κ2) is 6.58. The Bertz CT molecular complexity index is 524. The van der Waals surface area contributed by atoms with Crippen LogP contribution < -0.4 is 11.3 Å². The number of anilines is 1. The highest BCUT2D eigenvalue weighted by atomic mass is 16.5. The van der Waals surface area contributed by atoms with E-state index < -0.39 is 5.97 Å². The van der Waals surface area contributed by atoms with Gasteiger partial charge in [-0.3, -0.25) is 14.4 Å². The van der Waals surface area contributed by atoms with Crippen molar-refractivity contribution in [2.75, 3.05) is 25.9 Å². The Hall–Kier alpha value is -2.31. The summed E-state index contributed by atoms with van der Waals surface area (Å²) < 4.78 is 5.71. The molecule has 7 nitrogen and oxygen atoms in total. The van der Waals surface area contributed by atoms with E-state index in [9.17, 15) is 14.4 Å². The SMILES string of the molecule is CCN(CC(=O)OC)C(=O)Cn1cc(N)ccc1=O. The van der Waals surface area contributed by atoms with Crippen LogP contribution in [0.1, 0.15) is 6.92 Å². The number of hydrogen-bond donors (Lipinski definition) is 1. The van der Waals surface area contributed by atoms with Gasteiger partial charge in [-0.1, -0.05) is 0 Å². The Balaban J connectivity index is 2.79. The van der Waals surface area contributed by atoms with Gasteiger partial charge in [0.25, 0.3) is 5.56 Å². The molecule has 0 unspecified atom stereocenters. The van der Waals surface area contributed by atoms with E-state index in [1.54, 1.807) is 6.92 Å². The molecule has 7 heteroatoms. The van der Waals surface area contributed by atoms with Crippen molar-refractivity contribution in [1.29, 1.82) is 0 Å². The van der Waals surface area contributed by atoms with Crippen molar-refractivity contribution in [1.82, 2.24) is 9.47 Å². The Labute approximate surface area is 110 Å². The Morgan fingerprint density at radius 3 is 2.68 bits per heavy atom. The zero-order valence-corrected chi connectivity index (χ0v) is 11.0. The molecule has 0 aliphatic carbocycles. The van der Waals surface area contributed by atoms with Gasteiger partial charge in [-0.25, -0.2) is 0 Å². The first kappa shape index (κ1) is 14.7. The summed E-state index contributed by atoms with van der Waals surface area (Å²) >= 11 is 0. The van der Waals surface area contributed by atoms with E-state index in [4.69, 9.17) is 5.73 Å². The van der Waals surface area contributed by atoms with Gasteiger partial charge in [0.1, 0.15) is 13.1 Å². The lowest BCUT2D eigenvalue weighted by atomic mass is 10.4. The Morgan fingerprint density at radius 2 is 2.11 bits per heavy atom. The fourth-order valence-corrected chi connectivity index (χ4v) is 1.52. The van der Waals surface area contributed by atoms with Crippen LogP contribution in [-0.2, 0) is 20.9 Å². The summed E-state index contributed by atoms with van der Waals surface area (Å²) in [5.41, 5.74) is 5.62. The average molecular weight is 267 g/mol. The van der Waals surface area contributed by atoms with E-state index in [-0.39, 0.29) is 24.6 Å². The molecule has 1 aromatic heterocycles. The van der Waals surface area contributed by atoms with E-state index in [0.29, 0.717) is 12.2 Å². The maximum absolute atomic E-state index is 12.0. The first-order valence-electron chi connectivity index (χ1n) is 5.78. The van der Waals surface area contributed by atoms with Gasteiger partial charge in [-0.05, 0) is 13.0 Å². The van der Waals surface area contributed by atoms with Gasteiger partial charge in [0, 0.05) is 24.5 Å². The van der Waals surface area contributed by atoms with Gasteiger partial charge in [0.2, 0.25) is 5.91 Å². The van der Waals surface area contributed by atoms with Crippen molar-refractivity contribution in [3.8, 4) is 0 Å². The third kappa shape index (κ3) is 4.13. The number of rotatable bonds is 5. The fraction of sp³-hybridized carbons (Fsp3) is 0.417. The molecule has 0 radical (unpaired) electrons. The molecule has 0 saturated heterocycles. The van der Waals surface area contributed by atoms with E-state index >= 15 is 0 Å². The molecular weight excluding hydrogens is 250 g/mol. The van der Waals surface area contributed by atoms with Crippen molar-refractivity contribution in [3.05, 3.63) is 28.7 Å². The molecule has 2 N–H and O–H groups in total. The van der Waals surface area contributed by atoms with Crippen LogP contribution in [0.15, 0.2) is 23.1 Å². The molecule has 0 aromatic carbocycles. The second-order valence-electron chi connectivity index (χ2n) is 3.91. The number of nitrogens with two attached hydrogens (primary N) is 1. The molecule has 0 bridgehead atoms. The van der Waals surface area contributed by atoms with Crippen molar-refractivity contribution < 1.29 is 14.3 Å². The van der Waals surface area contributed by atoms with E-state index in [1.807, 2.05) is 0 Å². The summed E-state index contributed by atoms with van der Waals surface area (Å²) in [6.07, 6.45) is 1.40. The summed E-state index contributed by atoms with van der Waals surface area (Å²) in [6.45, 7) is 1.80. The number of likely N-dealkylation sites (N-methyl/N-ethyl adjacent to an activating group) is 1. The molecule has 0 spiro atoms. The number of esters is 1. The van der Waals surface area contributed by atoms with Gasteiger partial charge in [-0.15, -0.1) is 0 Å². The smallest absolute Gasteiger partial charge is 0.325 e. The summed E-state index contributed by atoms with van der Waals surface area (Å²) in [7, 11) is 1.25. The van der Waals surface area contributed by atoms with Crippen molar-refractivity contribution >= 4 is 17.6 Å². The molecule has 1 amide bonds. The number of hydrogen-bond acceptors (Lipinski definition) is 5. The molecule has 0 atom stereocenters. The van der Waals surface area contributed by atoms with Crippen LogP contribution in [0.4, 0.5) is 5.69 Å². The lowest BCUT2D eigenvalue weighted by molar-refractivity contribution is -0.147. The standard InChI is InChI=1S/C12H17N3O4/c1-3-14(8-12(18)19-2)11(17)7-15-6-9(13)4-5-10(15)16/h4-6H,3,7-8,13H2,1-2H3. The molecule has 1 rings (SSSR count). The average Bonchev–Trinajstić information content (AvgIpc) is 2.39. The zero-order valence-electron chi connectivity index (χ0n) is 11.0. The third-order valence-corrected chi connectivity index (χ3v) is 2.59. The number of ether oxygens (including phenoxy) is 1. The first-order chi connectivity index (χ1) is 8.97. The molecular formula is C12H17N3O4. The first-order valence-corrected chi connectivity index (χ1v) is 5.78. The number of amides is 1. The van der Waals surface area contributed by atoms with Crippen LogP contribution in [0.25, 0.3) is 0 Å². The molecule has 0 saturated carbocycles. The number of carbonyl (C=O) groups is 2. The fourth-order valence-electron chi connectivity index (χ4n) is 1.52. The quantitative estimate of drug-likeness (QED) is 0.722. The summed E-state index contributed by atoms with van der Waals surface area (Å²) in [4.78, 5) is 36.0. The minimum Gasteiger partial charge on any atom is -0.468 e. The van der Waals surface area contributed by atoms with Gasteiger partial charge in [-0.2, -0.15) is 0 Å². The van der Waals surface area contributed by atoms with Crippen molar-refractivity contribution in [2.24, 2.45) is 0 Å². The zero-order chi connectivity index (χ0) is 14.4. The van der Waals surface area contributed by atoms with E-state index in [2.05, 4.69) is 4.74 Å². The largest absolute Gasteiger partial charge is 0.468 e. The highest BCUT2D eigenvalue weighted by Crippen LogP contribution is 1.98. The lowest BCUT2D eigenvalue weighted by Crippen LogP contribution is -2.39. The lowest BCUT2D eigenvalue weighted by Gasteiger charge is -2.19. The normalized spacial score (nSPS) is 10.0. The van der Waals surface area contributed by atoms with Crippen LogP contribution in [0.3, 0.4) is 0 Å². The summed E-state index contributed by atoms with van der Waals surface area (Å²) in [5, 5.41) is 0. The summed E-state index contributed by atoms with van der Waals surface area (Å²) in [5.74, 6) is -0.851. The van der Waals surface area contributed by atoms with Crippen LogP contribution in [0.2, 0.25) is 0 Å². The minimum absolute atomic E-state index is 0.136. The topological polar surface area (TPSA) is 94.6 Å². The van der Waals surface area contributed by atoms with Crippen LogP contribution in [-0.4, -0.2) is 41.5 Å². The molecule has 0 aliphatic heterocycles. The van der Waals surface area contributed by atoms with E-state index in [1.165, 1.54) is 34.9 Å². The van der Waals surface area contributed by atoms with Gasteiger partial charge in [0.05, 0.1) is 7.11 Å². The highest BCUT2D eigenvalue weighted by molar-refractivity contribution is 5.81. The van der Waals surface area contributed by atoms with E-state index in [0.717, 1.165) is 0 Å². The Kier molecular flexibility index (Phi) is 5.11. The monoisotopic (exact) mass is 267 g/mol. The van der Waals surface area contributed by atoms with Gasteiger partial charge < -0.3 is 19.9 Å². The molecule has 1 aromatic rings. The summed E-state index contributed by atoms with van der Waals surface area (Å²) in [6, 6.07) is 2.76. The van der Waals surface area contributed by atoms with Crippen LogP contribution in [0.5, 0.6) is 0 Å². The Morgan fingerprint density at radius 1 is 1.42 bits per heavy atom. The highest BCUT2D eigenvalue weighted by Gasteiger charge is 2.16. The maximum atomic E-state index is 12.0. The number of nitrogens with zero attached hydrogens (tertiary/aromatic N) is 2. The number of nitrogen functional groups attached to an aromatic ring is 1. The van der Waals surface area contributed by atoms with Gasteiger partial charge in [0.15, 0.2) is 0 Å². The number of methoxy groups -OCH3 is 1. The predicted molar refractivity (Wildman–Crippen MR) is 69.4 cm³/mol. The van der Waals surface area contributed by atoms with Crippen LogP contribution in [0, 0.1) is 0 Å². The van der Waals surface area contributed by atoms with Crippen LogP contribution >= 0.6 is 0 Å². The predicted octanol–water partition coefficient (Wildman–Crippen LogP) is -0.548. The molecule has 104 valence electrons. The van der Waals surface area contributed by atoms with Crippen molar-refractivity contribution in [2.45, 2.75) is 13.5 Å². The number of aromatic nitrogens is 1. The molecule has 19 heavy (non-hydrogen) atoms. The molecule has 0 aliphatic rings. The molecule has 0 fully saturated rings. The van der Waals surface area contributed by atoms with Gasteiger partial charge >= 0.3 is 5.97 Å². The third-order valence-electron chi connectivity index (χ3n) is 2.59. The maximum Gasteiger partial charge on any atom is 0.325 e. The molecule has 1 heterocycles. The van der Waals surface area contributed by atoms with Crippen molar-refractivity contribution in [3.63, 3.8) is 0 Å². The minimum atomic E-state index is -0.505.